The highest BCUT2D eigenvalue weighted by Gasteiger charge is 2.65. The second-order valence-corrected chi connectivity index (χ2v) is 6.99. The number of fused-ring (bicyclic) bond motifs is 2. The van der Waals surface area contributed by atoms with Crippen LogP contribution >= 0.6 is 11.6 Å². The molecule has 4 rings (SSSR count). The smallest absolute Gasteiger partial charge is 0.251 e. The Kier molecular flexibility index (Phi) is 4.04. The molecule has 3 aliphatic rings. The van der Waals surface area contributed by atoms with Gasteiger partial charge in [0.2, 0.25) is 6.35 Å². The number of carbonyl (C=O) groups is 1. The van der Waals surface area contributed by atoms with Crippen LogP contribution < -0.4 is 10.2 Å². The Morgan fingerprint density at radius 1 is 1.46 bits per heavy atom. The largest absolute Gasteiger partial charge is 0.393 e. The molecule has 0 radical (unpaired) electrons. The molecule has 1 aromatic heterocycles. The van der Waals surface area contributed by atoms with Gasteiger partial charge in [-0.1, -0.05) is 11.6 Å². The van der Waals surface area contributed by atoms with Crippen molar-refractivity contribution in [1.82, 2.24) is 20.2 Å². The fraction of sp³-hybridized carbons (Fsp3) is 0.533. The molecule has 3 aliphatic heterocycles. The van der Waals surface area contributed by atoms with Crippen molar-refractivity contribution in [3.05, 3.63) is 29.3 Å². The number of aliphatic hydroxyl groups excluding tert-OH is 3. The number of anilines is 1. The summed E-state index contributed by atoms with van der Waals surface area (Å²) in [6.07, 6.45) is -0.417. The number of nitrogens with zero attached hydrogens (tertiary/aromatic N) is 4. The van der Waals surface area contributed by atoms with E-state index < -0.39 is 42.8 Å². The van der Waals surface area contributed by atoms with E-state index in [9.17, 15) is 20.1 Å². The SMILES string of the molecule is CC1=CN([C@@H]2O[C@@]3(CO)CN(c4cc(Cl)ncn4)[C@@H]2[C@@H]3O)C(O)NC1=O. The minimum Gasteiger partial charge on any atom is -0.393 e. The number of aromatic nitrogens is 2. The molecule has 4 N–H and O–H groups in total. The van der Waals surface area contributed by atoms with Crippen LogP contribution in [0.1, 0.15) is 6.92 Å². The molecule has 11 heteroatoms. The van der Waals surface area contributed by atoms with Crippen LogP contribution in [0.4, 0.5) is 5.82 Å². The van der Waals surface area contributed by atoms with Gasteiger partial charge in [-0.2, -0.15) is 0 Å². The van der Waals surface area contributed by atoms with Gasteiger partial charge in [0.1, 0.15) is 35.0 Å². The second kappa shape index (κ2) is 6.03. The van der Waals surface area contributed by atoms with E-state index in [2.05, 4.69) is 15.3 Å². The molecule has 26 heavy (non-hydrogen) atoms. The summed E-state index contributed by atoms with van der Waals surface area (Å²) in [7, 11) is 0. The molecule has 140 valence electrons. The normalized spacial score (nSPS) is 36.3. The topological polar surface area (TPSA) is 131 Å². The summed E-state index contributed by atoms with van der Waals surface area (Å²) in [5, 5.41) is 33.5. The molecule has 2 saturated heterocycles. The number of amides is 1. The maximum absolute atomic E-state index is 11.7. The molecule has 0 aromatic carbocycles. The maximum atomic E-state index is 11.7. The zero-order chi connectivity index (χ0) is 18.6. The third kappa shape index (κ3) is 2.45. The average Bonchev–Trinajstić information content (AvgIpc) is 3.06. The van der Waals surface area contributed by atoms with E-state index in [4.69, 9.17) is 16.3 Å². The van der Waals surface area contributed by atoms with Gasteiger partial charge in [-0.3, -0.25) is 4.79 Å². The van der Waals surface area contributed by atoms with Crippen molar-refractivity contribution in [3.8, 4) is 0 Å². The maximum Gasteiger partial charge on any atom is 0.251 e. The van der Waals surface area contributed by atoms with Crippen LogP contribution in [-0.4, -0.2) is 79.6 Å². The van der Waals surface area contributed by atoms with Gasteiger partial charge in [-0.25, -0.2) is 9.97 Å². The summed E-state index contributed by atoms with van der Waals surface area (Å²) in [6.45, 7) is 1.37. The Hall–Kier alpha value is -1.98. The van der Waals surface area contributed by atoms with Crippen LogP contribution in [0.2, 0.25) is 5.15 Å². The highest BCUT2D eigenvalue weighted by Crippen LogP contribution is 2.45. The zero-order valence-electron chi connectivity index (χ0n) is 13.8. The summed E-state index contributed by atoms with van der Waals surface area (Å²) in [6, 6.07) is 0.897. The number of hydrogen-bond acceptors (Lipinski definition) is 9. The number of ether oxygens (including phenoxy) is 1. The van der Waals surface area contributed by atoms with Crippen LogP contribution in [0.15, 0.2) is 24.2 Å². The van der Waals surface area contributed by atoms with E-state index >= 15 is 0 Å². The average molecular weight is 384 g/mol. The third-order valence-electron chi connectivity index (χ3n) is 5.03. The molecule has 2 bridgehead atoms. The lowest BCUT2D eigenvalue weighted by atomic mass is 10.0. The quantitative estimate of drug-likeness (QED) is 0.454. The van der Waals surface area contributed by atoms with Gasteiger partial charge in [0.25, 0.3) is 5.91 Å². The van der Waals surface area contributed by atoms with Crippen LogP contribution in [0, 0.1) is 0 Å². The first kappa shape index (κ1) is 17.4. The standard InChI is InChI=1S/C15H18ClN5O5/c1-7-3-20(14(25)19-12(7)24)13-10-11(23)15(5-22,26-13)4-21(10)9-2-8(16)17-6-18-9/h2-3,6,10-11,13-14,22-23,25H,4-5H2,1H3,(H,19,24)/t10-,11+,13-,14?,15-/m1/s1. The number of nitrogens with one attached hydrogen (secondary N) is 1. The number of aliphatic hydroxyl groups is 3. The van der Waals surface area contributed by atoms with Gasteiger partial charge in [0, 0.05) is 17.8 Å². The summed E-state index contributed by atoms with van der Waals surface area (Å²) < 4.78 is 5.94. The number of rotatable bonds is 3. The lowest BCUT2D eigenvalue weighted by Crippen LogP contribution is -2.61. The molecule has 1 aromatic rings. The molecular weight excluding hydrogens is 366 g/mol. The van der Waals surface area contributed by atoms with Crippen LogP contribution in [0.5, 0.6) is 0 Å². The monoisotopic (exact) mass is 383 g/mol. The number of carbonyl (C=O) groups excluding carboxylic acids is 1. The number of halogens is 1. The summed E-state index contributed by atoms with van der Waals surface area (Å²) in [5.41, 5.74) is -0.860. The summed E-state index contributed by atoms with van der Waals surface area (Å²) in [4.78, 5) is 22.9. The number of morpholine rings is 1. The predicted octanol–water partition coefficient (Wildman–Crippen LogP) is -1.62. The van der Waals surface area contributed by atoms with Crippen LogP contribution in [0.3, 0.4) is 0 Å². The van der Waals surface area contributed by atoms with Gasteiger partial charge in [0.05, 0.1) is 13.2 Å². The van der Waals surface area contributed by atoms with E-state index in [1.165, 1.54) is 17.4 Å². The van der Waals surface area contributed by atoms with Gasteiger partial charge >= 0.3 is 0 Å². The summed E-state index contributed by atoms with van der Waals surface area (Å²) >= 11 is 5.95. The molecule has 2 fully saturated rings. The Balaban J connectivity index is 1.72. The van der Waals surface area contributed by atoms with Gasteiger partial charge < -0.3 is 35.2 Å². The van der Waals surface area contributed by atoms with E-state index in [0.29, 0.717) is 11.4 Å². The summed E-state index contributed by atoms with van der Waals surface area (Å²) in [5.74, 6) is 0.0719. The predicted molar refractivity (Wildman–Crippen MR) is 88.6 cm³/mol. The minimum absolute atomic E-state index is 0.193. The second-order valence-electron chi connectivity index (χ2n) is 6.60. The molecule has 10 nitrogen and oxygen atoms in total. The van der Waals surface area contributed by atoms with Gasteiger partial charge in [0.15, 0.2) is 6.23 Å². The molecule has 0 saturated carbocycles. The van der Waals surface area contributed by atoms with Crippen molar-refractivity contribution >= 4 is 23.3 Å². The van der Waals surface area contributed by atoms with Crippen molar-refractivity contribution in [3.63, 3.8) is 0 Å². The lowest BCUT2D eigenvalue weighted by Gasteiger charge is -2.44. The highest BCUT2D eigenvalue weighted by molar-refractivity contribution is 6.29. The molecule has 0 spiro atoms. The molecule has 4 heterocycles. The molecule has 5 atom stereocenters. The Labute approximate surface area is 153 Å². The van der Waals surface area contributed by atoms with E-state index in [0.717, 1.165) is 0 Å². The van der Waals surface area contributed by atoms with E-state index in [1.54, 1.807) is 17.9 Å². The van der Waals surface area contributed by atoms with Crippen molar-refractivity contribution in [2.75, 3.05) is 18.1 Å². The molecule has 1 unspecified atom stereocenters. The first-order valence-electron chi connectivity index (χ1n) is 8.02. The first-order chi connectivity index (χ1) is 12.4. The van der Waals surface area contributed by atoms with Crippen molar-refractivity contribution in [1.29, 1.82) is 0 Å². The van der Waals surface area contributed by atoms with Gasteiger partial charge in [-0.15, -0.1) is 0 Å². The Morgan fingerprint density at radius 2 is 2.23 bits per heavy atom. The number of hydrogen-bond donors (Lipinski definition) is 4. The van der Waals surface area contributed by atoms with E-state index in [1.807, 2.05) is 0 Å². The van der Waals surface area contributed by atoms with Crippen molar-refractivity contribution in [2.45, 2.75) is 37.3 Å². The third-order valence-corrected chi connectivity index (χ3v) is 5.23. The molecule has 1 amide bonds. The van der Waals surface area contributed by atoms with E-state index in [-0.39, 0.29) is 11.7 Å². The molecule has 0 aliphatic carbocycles. The zero-order valence-corrected chi connectivity index (χ0v) is 14.5. The fourth-order valence-corrected chi connectivity index (χ4v) is 3.84. The van der Waals surface area contributed by atoms with Crippen LogP contribution in [0.25, 0.3) is 0 Å². The van der Waals surface area contributed by atoms with Crippen molar-refractivity contribution < 1.29 is 24.9 Å². The Morgan fingerprint density at radius 3 is 2.88 bits per heavy atom. The fourth-order valence-electron chi connectivity index (χ4n) is 3.70. The minimum atomic E-state index is -1.32. The first-order valence-corrected chi connectivity index (χ1v) is 8.40. The van der Waals surface area contributed by atoms with Crippen LogP contribution in [-0.2, 0) is 9.53 Å². The molecular formula is C15H18ClN5O5. The highest BCUT2D eigenvalue weighted by atomic mass is 35.5. The van der Waals surface area contributed by atoms with Crippen molar-refractivity contribution in [2.24, 2.45) is 0 Å². The van der Waals surface area contributed by atoms with Gasteiger partial charge in [-0.05, 0) is 6.92 Å². The Bertz CT molecular complexity index is 779. The lowest BCUT2D eigenvalue weighted by molar-refractivity contribution is -0.176.